The molecule has 1 aromatic carbocycles. The van der Waals surface area contributed by atoms with Gasteiger partial charge in [-0.3, -0.25) is 9.52 Å². The molecule has 1 saturated heterocycles. The van der Waals surface area contributed by atoms with E-state index in [2.05, 4.69) is 15.4 Å². The predicted octanol–water partition coefficient (Wildman–Crippen LogP) is 1.50. The molecule has 0 radical (unpaired) electrons. The molecular formula is C15H17N3O3S2. The van der Waals surface area contributed by atoms with Gasteiger partial charge in [-0.15, -0.1) is 11.3 Å². The van der Waals surface area contributed by atoms with E-state index in [1.807, 2.05) is 0 Å². The van der Waals surface area contributed by atoms with Crippen molar-refractivity contribution in [3.8, 4) is 0 Å². The van der Waals surface area contributed by atoms with E-state index in [-0.39, 0.29) is 10.1 Å². The molecule has 23 heavy (non-hydrogen) atoms. The van der Waals surface area contributed by atoms with Crippen LogP contribution in [0.2, 0.25) is 0 Å². The number of amides is 1. The lowest BCUT2D eigenvalue weighted by Crippen LogP contribution is -2.48. The van der Waals surface area contributed by atoms with Gasteiger partial charge in [0.1, 0.15) is 4.21 Å². The number of anilines is 1. The van der Waals surface area contributed by atoms with Crippen LogP contribution in [0.1, 0.15) is 10.4 Å². The minimum atomic E-state index is -3.56. The van der Waals surface area contributed by atoms with Crippen molar-refractivity contribution in [1.82, 2.24) is 10.6 Å². The van der Waals surface area contributed by atoms with Crippen molar-refractivity contribution >= 4 is 33.0 Å². The topological polar surface area (TPSA) is 87.3 Å². The van der Waals surface area contributed by atoms with E-state index in [9.17, 15) is 13.2 Å². The van der Waals surface area contributed by atoms with Gasteiger partial charge >= 0.3 is 0 Å². The summed E-state index contributed by atoms with van der Waals surface area (Å²) in [5, 5.41) is 7.73. The van der Waals surface area contributed by atoms with Gasteiger partial charge in [0.05, 0.1) is 0 Å². The summed E-state index contributed by atoms with van der Waals surface area (Å²) in [6.07, 6.45) is 0. The minimum Gasteiger partial charge on any atom is -0.352 e. The van der Waals surface area contributed by atoms with Gasteiger partial charge < -0.3 is 10.6 Å². The van der Waals surface area contributed by atoms with Crippen LogP contribution in [0.5, 0.6) is 0 Å². The molecule has 0 bridgehead atoms. The number of sulfonamides is 1. The molecule has 1 aliphatic heterocycles. The molecule has 2 heterocycles. The molecule has 3 N–H and O–H groups in total. The Bertz CT molecular complexity index is 767. The summed E-state index contributed by atoms with van der Waals surface area (Å²) in [7, 11) is -3.56. The van der Waals surface area contributed by atoms with Gasteiger partial charge in [-0.1, -0.05) is 6.07 Å². The van der Waals surface area contributed by atoms with E-state index in [0.29, 0.717) is 23.7 Å². The van der Waals surface area contributed by atoms with E-state index in [1.54, 1.807) is 41.8 Å². The minimum absolute atomic E-state index is 0.149. The van der Waals surface area contributed by atoms with Gasteiger partial charge in [-0.25, -0.2) is 8.42 Å². The monoisotopic (exact) mass is 351 g/mol. The molecule has 0 unspecified atom stereocenters. The Morgan fingerprint density at radius 1 is 1.22 bits per heavy atom. The third kappa shape index (κ3) is 3.90. The van der Waals surface area contributed by atoms with E-state index in [0.717, 1.165) is 24.4 Å². The molecule has 6 nitrogen and oxygen atoms in total. The van der Waals surface area contributed by atoms with Crippen LogP contribution >= 0.6 is 11.3 Å². The van der Waals surface area contributed by atoms with Crippen molar-refractivity contribution in [2.45, 2.75) is 4.21 Å². The zero-order valence-electron chi connectivity index (χ0n) is 12.3. The number of thiophene rings is 1. The van der Waals surface area contributed by atoms with Crippen LogP contribution in [-0.4, -0.2) is 34.0 Å². The van der Waals surface area contributed by atoms with Crippen molar-refractivity contribution in [2.24, 2.45) is 5.92 Å². The largest absolute Gasteiger partial charge is 0.352 e. The molecule has 1 aliphatic rings. The summed E-state index contributed by atoms with van der Waals surface area (Å²) in [6, 6.07) is 9.63. The van der Waals surface area contributed by atoms with Crippen molar-refractivity contribution < 1.29 is 13.2 Å². The molecular weight excluding hydrogens is 334 g/mol. The van der Waals surface area contributed by atoms with Crippen molar-refractivity contribution in [2.75, 3.05) is 24.4 Å². The Kier molecular flexibility index (Phi) is 4.65. The standard InChI is InChI=1S/C15H17N3O3S2/c19-15(17-10-11-8-16-9-11)12-3-5-13(6-4-12)18-23(20,21)14-2-1-7-22-14/h1-7,11,16,18H,8-10H2,(H,17,19). The maximum atomic E-state index is 12.1. The Balaban J connectivity index is 1.61. The number of hydrogen-bond donors (Lipinski definition) is 3. The Labute approximate surface area is 139 Å². The predicted molar refractivity (Wildman–Crippen MR) is 90.3 cm³/mol. The lowest BCUT2D eigenvalue weighted by molar-refractivity contribution is 0.0942. The van der Waals surface area contributed by atoms with Crippen LogP contribution in [0.25, 0.3) is 0 Å². The maximum absolute atomic E-state index is 12.1. The van der Waals surface area contributed by atoms with Gasteiger partial charge in [-0.05, 0) is 35.7 Å². The first-order valence-corrected chi connectivity index (χ1v) is 9.56. The number of carbonyl (C=O) groups is 1. The number of benzene rings is 1. The van der Waals surface area contributed by atoms with Gasteiger partial charge in [0, 0.05) is 36.8 Å². The number of hydrogen-bond acceptors (Lipinski definition) is 5. The van der Waals surface area contributed by atoms with Crippen LogP contribution in [0.15, 0.2) is 46.0 Å². The van der Waals surface area contributed by atoms with Crippen LogP contribution in [-0.2, 0) is 10.0 Å². The zero-order chi connectivity index (χ0) is 16.3. The van der Waals surface area contributed by atoms with Gasteiger partial charge in [-0.2, -0.15) is 0 Å². The quantitative estimate of drug-likeness (QED) is 0.736. The van der Waals surface area contributed by atoms with Crippen molar-refractivity contribution in [3.05, 3.63) is 47.3 Å². The van der Waals surface area contributed by atoms with Crippen LogP contribution < -0.4 is 15.4 Å². The summed E-state index contributed by atoms with van der Waals surface area (Å²) in [6.45, 7) is 2.52. The highest BCUT2D eigenvalue weighted by molar-refractivity contribution is 7.94. The molecule has 0 spiro atoms. The van der Waals surface area contributed by atoms with E-state index in [4.69, 9.17) is 0 Å². The number of nitrogens with one attached hydrogen (secondary N) is 3. The Hall–Kier alpha value is -1.90. The highest BCUT2D eigenvalue weighted by atomic mass is 32.2. The molecule has 8 heteroatoms. The fourth-order valence-corrected chi connectivity index (χ4v) is 4.19. The third-order valence-corrected chi connectivity index (χ3v) is 6.36. The van der Waals surface area contributed by atoms with Crippen LogP contribution in [0, 0.1) is 5.92 Å². The number of carbonyl (C=O) groups excluding carboxylic acids is 1. The summed E-state index contributed by atoms with van der Waals surface area (Å²) in [4.78, 5) is 12.0. The SMILES string of the molecule is O=C(NCC1CNC1)c1ccc(NS(=O)(=O)c2cccs2)cc1. The summed E-state index contributed by atoms with van der Waals surface area (Å²) in [5.74, 6) is 0.348. The van der Waals surface area contributed by atoms with Crippen molar-refractivity contribution in [3.63, 3.8) is 0 Å². The van der Waals surface area contributed by atoms with E-state index < -0.39 is 10.0 Å². The molecule has 0 atom stereocenters. The van der Waals surface area contributed by atoms with E-state index >= 15 is 0 Å². The number of rotatable bonds is 6. The lowest BCUT2D eigenvalue weighted by atomic mass is 10.0. The average molecular weight is 351 g/mol. The second-order valence-electron chi connectivity index (χ2n) is 5.35. The fourth-order valence-electron chi connectivity index (χ4n) is 2.14. The first-order chi connectivity index (χ1) is 11.0. The first kappa shape index (κ1) is 16.0. The van der Waals surface area contributed by atoms with Crippen molar-refractivity contribution in [1.29, 1.82) is 0 Å². The second kappa shape index (κ2) is 6.69. The van der Waals surface area contributed by atoms with Gasteiger partial charge in [0.2, 0.25) is 0 Å². The Morgan fingerprint density at radius 2 is 1.96 bits per heavy atom. The molecule has 0 aliphatic carbocycles. The maximum Gasteiger partial charge on any atom is 0.271 e. The smallest absolute Gasteiger partial charge is 0.271 e. The molecule has 1 amide bonds. The highest BCUT2D eigenvalue weighted by Crippen LogP contribution is 2.20. The first-order valence-electron chi connectivity index (χ1n) is 7.20. The Morgan fingerprint density at radius 3 is 2.52 bits per heavy atom. The third-order valence-electron chi connectivity index (χ3n) is 3.58. The molecule has 1 aromatic heterocycles. The lowest BCUT2D eigenvalue weighted by Gasteiger charge is -2.27. The van der Waals surface area contributed by atoms with Gasteiger partial charge in [0.15, 0.2) is 0 Å². The molecule has 0 saturated carbocycles. The average Bonchev–Trinajstić information content (AvgIpc) is 3.01. The second-order valence-corrected chi connectivity index (χ2v) is 8.21. The zero-order valence-corrected chi connectivity index (χ0v) is 13.9. The molecule has 122 valence electrons. The van der Waals surface area contributed by atoms with Gasteiger partial charge in [0.25, 0.3) is 15.9 Å². The van der Waals surface area contributed by atoms with Crippen LogP contribution in [0.3, 0.4) is 0 Å². The summed E-state index contributed by atoms with van der Waals surface area (Å²) in [5.41, 5.74) is 0.939. The summed E-state index contributed by atoms with van der Waals surface area (Å²) >= 11 is 1.15. The highest BCUT2D eigenvalue weighted by Gasteiger charge is 2.18. The molecule has 3 rings (SSSR count). The molecule has 1 fully saturated rings. The normalized spacial score (nSPS) is 15.0. The van der Waals surface area contributed by atoms with Crippen LogP contribution in [0.4, 0.5) is 5.69 Å². The summed E-state index contributed by atoms with van der Waals surface area (Å²) < 4.78 is 27.0. The fraction of sp³-hybridized carbons (Fsp3) is 0.267. The van der Waals surface area contributed by atoms with E-state index in [1.165, 1.54) is 0 Å². The molecule has 2 aromatic rings.